The second-order valence-corrected chi connectivity index (χ2v) is 19.4. The summed E-state index contributed by atoms with van der Waals surface area (Å²) in [5, 5.41) is 0.360. The van der Waals surface area contributed by atoms with Crippen LogP contribution in [0.3, 0.4) is 0 Å². The van der Waals surface area contributed by atoms with E-state index in [-0.39, 0.29) is 28.4 Å². The zero-order valence-electron chi connectivity index (χ0n) is 17.1. The van der Waals surface area contributed by atoms with Crippen molar-refractivity contribution in [1.29, 1.82) is 0 Å². The van der Waals surface area contributed by atoms with Gasteiger partial charge in [0.25, 0.3) is 0 Å². The molecule has 0 bridgehead atoms. The van der Waals surface area contributed by atoms with Crippen molar-refractivity contribution in [3.05, 3.63) is 12.3 Å². The minimum absolute atomic E-state index is 0.0175. The molecule has 0 amide bonds. The van der Waals surface area contributed by atoms with Gasteiger partial charge >= 0.3 is 0 Å². The highest BCUT2D eigenvalue weighted by molar-refractivity contribution is 6.74. The fourth-order valence-corrected chi connectivity index (χ4v) is 4.61. The summed E-state index contributed by atoms with van der Waals surface area (Å²) in [6.07, 6.45) is 3.79. The van der Waals surface area contributed by atoms with Crippen molar-refractivity contribution >= 4 is 16.6 Å². The number of hydrogen-bond acceptors (Lipinski definition) is 3. The number of rotatable bonds is 4. The maximum atomic E-state index is 6.69. The summed E-state index contributed by atoms with van der Waals surface area (Å²) in [5.41, 5.74) is 0. The molecule has 23 heavy (non-hydrogen) atoms. The predicted molar refractivity (Wildman–Crippen MR) is 104 cm³/mol. The van der Waals surface area contributed by atoms with Crippen molar-refractivity contribution in [2.45, 2.75) is 103 Å². The van der Waals surface area contributed by atoms with E-state index < -0.39 is 16.6 Å². The molecule has 0 unspecified atom stereocenters. The fourth-order valence-electron chi connectivity index (χ4n) is 2.00. The minimum atomic E-state index is -1.88. The predicted octanol–water partition coefficient (Wildman–Crippen LogP) is 5.70. The molecule has 0 aromatic heterocycles. The van der Waals surface area contributed by atoms with Gasteiger partial charge in [-0.25, -0.2) is 0 Å². The monoisotopic (exact) mass is 358 g/mol. The molecule has 0 spiro atoms. The Morgan fingerprint density at radius 2 is 1.26 bits per heavy atom. The lowest BCUT2D eigenvalue weighted by atomic mass is 10.1. The quantitative estimate of drug-likeness (QED) is 0.603. The molecule has 0 aliphatic carbocycles. The normalized spacial score (nSPS) is 27.0. The Bertz CT molecular complexity index is 431. The van der Waals surface area contributed by atoms with Crippen LogP contribution < -0.4 is 0 Å². The number of hydrogen-bond donors (Lipinski definition) is 0. The second-order valence-electron chi connectivity index (χ2n) is 9.86. The molecule has 5 heteroatoms. The Hall–Kier alpha value is -0.106. The van der Waals surface area contributed by atoms with Gasteiger partial charge in [0.2, 0.25) is 0 Å². The molecule has 0 aromatic carbocycles. The average Bonchev–Trinajstić information content (AvgIpc) is 2.30. The molecule has 0 saturated heterocycles. The molecule has 136 valence electrons. The van der Waals surface area contributed by atoms with Crippen molar-refractivity contribution in [1.82, 2.24) is 0 Å². The molecular formula is C18H38O3Si2. The van der Waals surface area contributed by atoms with E-state index in [1.807, 2.05) is 6.08 Å². The van der Waals surface area contributed by atoms with Crippen molar-refractivity contribution in [2.75, 3.05) is 0 Å². The average molecular weight is 359 g/mol. The van der Waals surface area contributed by atoms with Crippen LogP contribution in [0.25, 0.3) is 0 Å². The van der Waals surface area contributed by atoms with Gasteiger partial charge in [-0.05, 0) is 49.3 Å². The van der Waals surface area contributed by atoms with E-state index in [0.717, 1.165) is 0 Å². The first-order valence-electron chi connectivity index (χ1n) is 8.76. The lowest BCUT2D eigenvalue weighted by molar-refractivity contribution is -0.0422. The molecule has 0 N–H and O–H groups in total. The van der Waals surface area contributed by atoms with Crippen LogP contribution in [0.5, 0.6) is 0 Å². The van der Waals surface area contributed by atoms with Crippen LogP contribution in [0.15, 0.2) is 12.3 Å². The smallest absolute Gasteiger partial charge is 0.193 e. The Morgan fingerprint density at radius 3 is 1.70 bits per heavy atom. The van der Waals surface area contributed by atoms with Crippen molar-refractivity contribution in [3.8, 4) is 0 Å². The lowest BCUT2D eigenvalue weighted by Gasteiger charge is -2.46. The molecule has 1 rings (SSSR count). The first-order chi connectivity index (χ1) is 10.1. The van der Waals surface area contributed by atoms with E-state index in [4.69, 9.17) is 13.6 Å². The maximum absolute atomic E-state index is 6.69. The van der Waals surface area contributed by atoms with Crippen LogP contribution in [0.1, 0.15) is 48.5 Å². The van der Waals surface area contributed by atoms with Gasteiger partial charge in [0.1, 0.15) is 12.2 Å². The van der Waals surface area contributed by atoms with Crippen LogP contribution in [0.2, 0.25) is 36.3 Å². The van der Waals surface area contributed by atoms with Crippen LogP contribution in [-0.4, -0.2) is 34.9 Å². The molecule has 0 fully saturated rings. The zero-order valence-corrected chi connectivity index (χ0v) is 19.1. The van der Waals surface area contributed by atoms with E-state index in [1.54, 1.807) is 6.26 Å². The van der Waals surface area contributed by atoms with E-state index >= 15 is 0 Å². The first-order valence-corrected chi connectivity index (χ1v) is 14.6. The van der Waals surface area contributed by atoms with Gasteiger partial charge in [0.05, 0.1) is 12.4 Å². The molecule has 1 heterocycles. The molecule has 1 aliphatic rings. The highest BCUT2D eigenvalue weighted by Gasteiger charge is 2.46. The van der Waals surface area contributed by atoms with Gasteiger partial charge in [0, 0.05) is 0 Å². The Kier molecular flexibility index (Phi) is 6.06. The van der Waals surface area contributed by atoms with Gasteiger partial charge in [-0.2, -0.15) is 0 Å². The van der Waals surface area contributed by atoms with Crippen molar-refractivity contribution in [2.24, 2.45) is 0 Å². The minimum Gasteiger partial charge on any atom is -0.496 e. The summed E-state index contributed by atoms with van der Waals surface area (Å²) >= 11 is 0. The largest absolute Gasteiger partial charge is 0.496 e. The second kappa shape index (κ2) is 6.66. The van der Waals surface area contributed by atoms with Crippen LogP contribution in [0, 0.1) is 0 Å². The molecule has 1 aliphatic heterocycles. The van der Waals surface area contributed by atoms with Crippen LogP contribution in [-0.2, 0) is 13.6 Å². The van der Waals surface area contributed by atoms with Gasteiger partial charge < -0.3 is 13.6 Å². The topological polar surface area (TPSA) is 27.7 Å². The SMILES string of the molecule is C[C@H]1OC=C[C@@H](O[Si](C)(C)C(C)(C)C)[C@@H]1O[Si](C)(C)C(C)(C)C. The van der Waals surface area contributed by atoms with E-state index in [0.29, 0.717) is 0 Å². The summed E-state index contributed by atoms with van der Waals surface area (Å²) in [4.78, 5) is 0. The van der Waals surface area contributed by atoms with Crippen LogP contribution in [0.4, 0.5) is 0 Å². The van der Waals surface area contributed by atoms with Gasteiger partial charge in [-0.1, -0.05) is 41.5 Å². The Morgan fingerprint density at radius 1 is 0.826 bits per heavy atom. The van der Waals surface area contributed by atoms with Crippen molar-refractivity contribution in [3.63, 3.8) is 0 Å². The summed E-state index contributed by atoms with van der Waals surface area (Å²) in [7, 11) is -3.73. The highest BCUT2D eigenvalue weighted by Crippen LogP contribution is 2.41. The van der Waals surface area contributed by atoms with Crippen molar-refractivity contribution < 1.29 is 13.6 Å². The van der Waals surface area contributed by atoms with Gasteiger partial charge in [0.15, 0.2) is 16.6 Å². The van der Waals surface area contributed by atoms with Crippen LogP contribution >= 0.6 is 0 Å². The fraction of sp³-hybridized carbons (Fsp3) is 0.889. The molecule has 3 atom stereocenters. The first kappa shape index (κ1) is 20.9. The molecule has 0 radical (unpaired) electrons. The summed E-state index contributed by atoms with van der Waals surface area (Å²) < 4.78 is 19.1. The Balaban J connectivity index is 3.01. The summed E-state index contributed by atoms with van der Waals surface area (Å²) in [5.74, 6) is 0. The number of ether oxygens (including phenoxy) is 1. The molecule has 3 nitrogen and oxygen atoms in total. The maximum Gasteiger partial charge on any atom is 0.193 e. The molecule has 0 aromatic rings. The van der Waals surface area contributed by atoms with Gasteiger partial charge in [-0.15, -0.1) is 0 Å². The van der Waals surface area contributed by atoms with E-state index in [9.17, 15) is 0 Å². The Labute approximate surface area is 146 Å². The third-order valence-corrected chi connectivity index (χ3v) is 14.8. The highest BCUT2D eigenvalue weighted by atomic mass is 28.4. The van der Waals surface area contributed by atoms with E-state index in [1.165, 1.54) is 0 Å². The third-order valence-electron chi connectivity index (χ3n) is 5.82. The molecular weight excluding hydrogens is 320 g/mol. The summed E-state index contributed by atoms with van der Waals surface area (Å²) in [6.45, 7) is 24.9. The molecule has 0 saturated carbocycles. The van der Waals surface area contributed by atoms with Gasteiger partial charge in [-0.3, -0.25) is 0 Å². The lowest BCUT2D eigenvalue weighted by Crippen LogP contribution is -2.55. The third kappa shape index (κ3) is 4.94. The summed E-state index contributed by atoms with van der Waals surface area (Å²) in [6, 6.07) is 0. The standard InChI is InChI=1S/C18H38O3Si2/c1-14-16(21-23(10,11)18(5,6)7)15(12-13-19-14)20-22(8,9)17(2,3)4/h12-16H,1-11H3/t14-,15-,16-/m1/s1. The van der Waals surface area contributed by atoms with E-state index in [2.05, 4.69) is 74.7 Å². The zero-order chi connectivity index (χ0) is 18.3.